The van der Waals surface area contributed by atoms with Gasteiger partial charge in [0.1, 0.15) is 0 Å². The number of carbonyl (C=O) groups is 1. The average Bonchev–Trinajstić information content (AvgIpc) is 2.26. The van der Waals surface area contributed by atoms with E-state index in [4.69, 9.17) is 5.73 Å². The van der Waals surface area contributed by atoms with Crippen molar-refractivity contribution in [2.75, 3.05) is 0 Å². The van der Waals surface area contributed by atoms with Crippen LogP contribution in [0, 0.1) is 0 Å². The maximum absolute atomic E-state index is 11.1. The first kappa shape index (κ1) is 13.2. The summed E-state index contributed by atoms with van der Waals surface area (Å²) in [6.45, 7) is 3.96. The third-order valence-electron chi connectivity index (χ3n) is 2.57. The number of nitrogens with one attached hydrogen (secondary N) is 1. The third kappa shape index (κ3) is 3.61. The summed E-state index contributed by atoms with van der Waals surface area (Å²) in [7, 11) is 0. The Morgan fingerprint density at radius 3 is 2.44 bits per heavy atom. The lowest BCUT2D eigenvalue weighted by atomic mass is 10.1. The highest BCUT2D eigenvalue weighted by Gasteiger charge is 2.16. The van der Waals surface area contributed by atoms with Gasteiger partial charge in [0, 0.05) is 10.5 Å². The van der Waals surface area contributed by atoms with Crippen LogP contribution in [0.5, 0.6) is 0 Å². The van der Waals surface area contributed by atoms with E-state index in [0.717, 1.165) is 10.0 Å². The maximum Gasteiger partial charge on any atom is 0.234 e. The highest BCUT2D eigenvalue weighted by Crippen LogP contribution is 2.17. The fraction of sp³-hybridized carbons (Fsp3) is 0.417. The van der Waals surface area contributed by atoms with Gasteiger partial charge in [0.15, 0.2) is 0 Å². The number of halogens is 1. The van der Waals surface area contributed by atoms with Gasteiger partial charge in [-0.3, -0.25) is 10.1 Å². The highest BCUT2D eigenvalue weighted by molar-refractivity contribution is 9.10. The highest BCUT2D eigenvalue weighted by atomic mass is 79.9. The molecule has 0 spiro atoms. The van der Waals surface area contributed by atoms with Crippen LogP contribution in [0.3, 0.4) is 0 Å². The Balaban J connectivity index is 2.67. The Morgan fingerprint density at radius 2 is 2.00 bits per heavy atom. The summed E-state index contributed by atoms with van der Waals surface area (Å²) in [5, 5.41) is 3.21. The molecular formula is C12H17BrN2O. The quantitative estimate of drug-likeness (QED) is 0.872. The van der Waals surface area contributed by atoms with Crippen LogP contribution in [-0.2, 0) is 4.79 Å². The lowest BCUT2D eigenvalue weighted by Crippen LogP contribution is -2.41. The first-order chi connectivity index (χ1) is 7.54. The Hall–Kier alpha value is -0.870. The summed E-state index contributed by atoms with van der Waals surface area (Å²) in [6.07, 6.45) is 0.705. The number of rotatable bonds is 5. The molecule has 1 rings (SSSR count). The van der Waals surface area contributed by atoms with Crippen molar-refractivity contribution < 1.29 is 4.79 Å². The smallest absolute Gasteiger partial charge is 0.234 e. The standard InChI is InChI=1S/C12H17BrN2O/c1-3-11(12(14)16)15-8(2)9-4-6-10(13)7-5-9/h4-8,11,15H,3H2,1-2H3,(H2,14,16). The minimum Gasteiger partial charge on any atom is -0.368 e. The second kappa shape index (κ2) is 6.01. The average molecular weight is 285 g/mol. The number of amides is 1. The van der Waals surface area contributed by atoms with Gasteiger partial charge in [-0.2, -0.15) is 0 Å². The number of nitrogens with two attached hydrogens (primary N) is 1. The van der Waals surface area contributed by atoms with Crippen LogP contribution in [0.15, 0.2) is 28.7 Å². The molecule has 0 heterocycles. The number of hydrogen-bond acceptors (Lipinski definition) is 2. The van der Waals surface area contributed by atoms with E-state index >= 15 is 0 Å². The molecule has 0 bridgehead atoms. The minimum atomic E-state index is -0.300. The van der Waals surface area contributed by atoms with Crippen LogP contribution < -0.4 is 11.1 Å². The molecule has 3 N–H and O–H groups in total. The first-order valence-corrected chi connectivity index (χ1v) is 6.14. The zero-order valence-electron chi connectivity index (χ0n) is 9.53. The molecule has 0 saturated heterocycles. The molecule has 1 aromatic carbocycles. The van der Waals surface area contributed by atoms with Crippen molar-refractivity contribution in [1.82, 2.24) is 5.32 Å². The maximum atomic E-state index is 11.1. The van der Waals surface area contributed by atoms with Gasteiger partial charge in [-0.25, -0.2) is 0 Å². The second-order valence-corrected chi connectivity index (χ2v) is 4.72. The van der Waals surface area contributed by atoms with E-state index in [2.05, 4.69) is 21.2 Å². The van der Waals surface area contributed by atoms with Crippen LogP contribution in [-0.4, -0.2) is 11.9 Å². The largest absolute Gasteiger partial charge is 0.368 e. The molecule has 0 saturated carbocycles. The van der Waals surface area contributed by atoms with Gasteiger partial charge < -0.3 is 5.73 Å². The van der Waals surface area contributed by atoms with E-state index in [1.165, 1.54) is 0 Å². The zero-order valence-corrected chi connectivity index (χ0v) is 11.1. The lowest BCUT2D eigenvalue weighted by molar-refractivity contribution is -0.120. The van der Waals surface area contributed by atoms with Gasteiger partial charge in [0.25, 0.3) is 0 Å². The summed E-state index contributed by atoms with van der Waals surface area (Å²) < 4.78 is 1.05. The molecule has 0 fully saturated rings. The van der Waals surface area contributed by atoms with Crippen molar-refractivity contribution in [2.24, 2.45) is 5.73 Å². The molecule has 16 heavy (non-hydrogen) atoms. The van der Waals surface area contributed by atoms with Gasteiger partial charge in [-0.05, 0) is 31.0 Å². The van der Waals surface area contributed by atoms with Crippen molar-refractivity contribution in [3.63, 3.8) is 0 Å². The van der Waals surface area contributed by atoms with Gasteiger partial charge in [-0.1, -0.05) is 35.0 Å². The van der Waals surface area contributed by atoms with Crippen molar-refractivity contribution in [3.8, 4) is 0 Å². The molecule has 2 atom stereocenters. The molecule has 1 amide bonds. The van der Waals surface area contributed by atoms with Crippen LogP contribution in [0.4, 0.5) is 0 Å². The second-order valence-electron chi connectivity index (χ2n) is 3.80. The van der Waals surface area contributed by atoms with Crippen LogP contribution in [0.2, 0.25) is 0 Å². The topological polar surface area (TPSA) is 55.1 Å². The monoisotopic (exact) mass is 284 g/mol. The molecule has 0 aliphatic rings. The number of benzene rings is 1. The summed E-state index contributed by atoms with van der Waals surface area (Å²) >= 11 is 3.39. The molecule has 0 radical (unpaired) electrons. The molecular weight excluding hydrogens is 268 g/mol. The van der Waals surface area contributed by atoms with E-state index in [9.17, 15) is 4.79 Å². The summed E-state index contributed by atoms with van der Waals surface area (Å²) in [6, 6.07) is 7.87. The fourth-order valence-corrected chi connectivity index (χ4v) is 1.81. The molecule has 88 valence electrons. The first-order valence-electron chi connectivity index (χ1n) is 5.35. The molecule has 0 aromatic heterocycles. The number of carbonyl (C=O) groups excluding carboxylic acids is 1. The van der Waals surface area contributed by atoms with E-state index in [1.54, 1.807) is 0 Å². The van der Waals surface area contributed by atoms with Crippen molar-refractivity contribution >= 4 is 21.8 Å². The molecule has 0 aliphatic carbocycles. The van der Waals surface area contributed by atoms with E-state index < -0.39 is 0 Å². The minimum absolute atomic E-state index is 0.116. The Kier molecular flexibility index (Phi) is 4.96. The SMILES string of the molecule is CCC(NC(C)c1ccc(Br)cc1)C(N)=O. The van der Waals surface area contributed by atoms with E-state index in [-0.39, 0.29) is 18.0 Å². The van der Waals surface area contributed by atoms with Crippen molar-refractivity contribution in [3.05, 3.63) is 34.3 Å². The summed E-state index contributed by atoms with van der Waals surface area (Å²) in [5.74, 6) is -0.300. The number of hydrogen-bond donors (Lipinski definition) is 2. The van der Waals surface area contributed by atoms with Crippen LogP contribution in [0.25, 0.3) is 0 Å². The lowest BCUT2D eigenvalue weighted by Gasteiger charge is -2.20. The Labute approximate surface area is 105 Å². The van der Waals surface area contributed by atoms with Gasteiger partial charge in [0.2, 0.25) is 5.91 Å². The molecule has 3 nitrogen and oxygen atoms in total. The van der Waals surface area contributed by atoms with Gasteiger partial charge in [-0.15, -0.1) is 0 Å². The van der Waals surface area contributed by atoms with Gasteiger partial charge in [0.05, 0.1) is 6.04 Å². The van der Waals surface area contributed by atoms with Crippen molar-refractivity contribution in [1.29, 1.82) is 0 Å². The fourth-order valence-electron chi connectivity index (χ4n) is 1.55. The zero-order chi connectivity index (χ0) is 12.1. The third-order valence-corrected chi connectivity index (χ3v) is 3.10. The van der Waals surface area contributed by atoms with Gasteiger partial charge >= 0.3 is 0 Å². The Bertz CT molecular complexity index is 351. The van der Waals surface area contributed by atoms with Crippen LogP contribution >= 0.6 is 15.9 Å². The van der Waals surface area contributed by atoms with Crippen molar-refractivity contribution in [2.45, 2.75) is 32.4 Å². The molecule has 1 aromatic rings. The molecule has 2 unspecified atom stereocenters. The normalized spacial score (nSPS) is 14.4. The van der Waals surface area contributed by atoms with E-state index in [0.29, 0.717) is 6.42 Å². The van der Waals surface area contributed by atoms with E-state index in [1.807, 2.05) is 38.1 Å². The van der Waals surface area contributed by atoms with Crippen LogP contribution in [0.1, 0.15) is 31.9 Å². The number of primary amides is 1. The molecule has 0 aliphatic heterocycles. The predicted octanol–water partition coefficient (Wildman–Crippen LogP) is 2.36. The summed E-state index contributed by atoms with van der Waals surface area (Å²) in [5.41, 5.74) is 6.43. The Morgan fingerprint density at radius 1 is 1.44 bits per heavy atom. The molecule has 4 heteroatoms. The summed E-state index contributed by atoms with van der Waals surface area (Å²) in [4.78, 5) is 11.1. The predicted molar refractivity (Wildman–Crippen MR) is 69.0 cm³/mol.